The fourth-order valence-corrected chi connectivity index (χ4v) is 3.83. The molecule has 0 aliphatic heterocycles. The van der Waals surface area contributed by atoms with E-state index in [1.807, 2.05) is 48.5 Å². The highest BCUT2D eigenvalue weighted by molar-refractivity contribution is 7.88. The molecule has 174 valence electrons. The Morgan fingerprint density at radius 3 is 2.00 bits per heavy atom. The molecule has 9 heteroatoms. The Morgan fingerprint density at radius 2 is 1.50 bits per heavy atom. The zero-order chi connectivity index (χ0) is 23.6. The van der Waals surface area contributed by atoms with Gasteiger partial charge in [0.25, 0.3) is 0 Å². The van der Waals surface area contributed by atoms with Crippen molar-refractivity contribution in [3.05, 3.63) is 71.8 Å². The highest BCUT2D eigenvalue weighted by atomic mass is 32.2. The Hall–Kier alpha value is -2.75. The summed E-state index contributed by atoms with van der Waals surface area (Å²) in [6.45, 7) is 2.18. The number of nitrogens with one attached hydrogen (secondary N) is 1. The molecule has 0 unspecified atom stereocenters. The Morgan fingerprint density at radius 1 is 0.969 bits per heavy atom. The van der Waals surface area contributed by atoms with Gasteiger partial charge in [-0.25, -0.2) is 8.42 Å². The average molecular weight is 462 g/mol. The SMILES string of the molecule is COCCNC(=O)[C@@H](C)N(Cc1ccccc1)C(=O)CN(Cc1ccccc1)S(C)(=O)=O. The van der Waals surface area contributed by atoms with Gasteiger partial charge in [0.15, 0.2) is 0 Å². The lowest BCUT2D eigenvalue weighted by Crippen LogP contribution is -2.51. The van der Waals surface area contributed by atoms with E-state index in [0.29, 0.717) is 13.2 Å². The number of methoxy groups -OCH3 is 1. The van der Waals surface area contributed by atoms with Crippen molar-refractivity contribution in [1.82, 2.24) is 14.5 Å². The minimum Gasteiger partial charge on any atom is -0.383 e. The summed E-state index contributed by atoms with van der Waals surface area (Å²) in [4.78, 5) is 27.3. The first-order valence-corrected chi connectivity index (χ1v) is 12.2. The molecular weight excluding hydrogens is 430 g/mol. The lowest BCUT2D eigenvalue weighted by atomic mass is 10.1. The molecule has 0 fully saturated rings. The second-order valence-corrected chi connectivity index (χ2v) is 9.47. The van der Waals surface area contributed by atoms with E-state index in [1.165, 1.54) is 12.0 Å². The second kappa shape index (κ2) is 12.3. The first kappa shape index (κ1) is 25.5. The Kier molecular flexibility index (Phi) is 9.83. The summed E-state index contributed by atoms with van der Waals surface area (Å²) in [7, 11) is -2.12. The predicted molar refractivity (Wildman–Crippen MR) is 123 cm³/mol. The van der Waals surface area contributed by atoms with Crippen molar-refractivity contribution in [3.8, 4) is 0 Å². The summed E-state index contributed by atoms with van der Waals surface area (Å²) in [6.07, 6.45) is 1.08. The van der Waals surface area contributed by atoms with Gasteiger partial charge in [-0.1, -0.05) is 60.7 Å². The lowest BCUT2D eigenvalue weighted by molar-refractivity contribution is -0.140. The van der Waals surface area contributed by atoms with Crippen LogP contribution in [-0.2, 0) is 37.4 Å². The molecule has 1 N–H and O–H groups in total. The van der Waals surface area contributed by atoms with Crippen LogP contribution in [0.4, 0.5) is 0 Å². The monoisotopic (exact) mass is 461 g/mol. The molecule has 2 aromatic carbocycles. The number of hydrogen-bond donors (Lipinski definition) is 1. The quantitative estimate of drug-likeness (QED) is 0.485. The highest BCUT2D eigenvalue weighted by Crippen LogP contribution is 2.13. The first-order chi connectivity index (χ1) is 15.2. The highest BCUT2D eigenvalue weighted by Gasteiger charge is 2.29. The number of rotatable bonds is 12. The molecule has 0 aliphatic carbocycles. The third-order valence-corrected chi connectivity index (χ3v) is 6.15. The molecule has 0 spiro atoms. The van der Waals surface area contributed by atoms with Gasteiger partial charge < -0.3 is 15.0 Å². The maximum absolute atomic E-state index is 13.3. The van der Waals surface area contributed by atoms with Crippen LogP contribution >= 0.6 is 0 Å². The van der Waals surface area contributed by atoms with Gasteiger partial charge in [-0.15, -0.1) is 0 Å². The summed E-state index contributed by atoms with van der Waals surface area (Å²) in [5.41, 5.74) is 1.61. The fraction of sp³-hybridized carbons (Fsp3) is 0.391. The van der Waals surface area contributed by atoms with E-state index in [9.17, 15) is 18.0 Å². The summed E-state index contributed by atoms with van der Waals surface area (Å²) < 4.78 is 30.9. The number of ether oxygens (including phenoxy) is 1. The molecule has 2 rings (SSSR count). The second-order valence-electron chi connectivity index (χ2n) is 7.48. The molecular formula is C23H31N3O5S. The van der Waals surface area contributed by atoms with E-state index in [4.69, 9.17) is 4.74 Å². The number of carbonyl (C=O) groups is 2. The standard InChI is InChI=1S/C23H31N3O5S/c1-19(23(28)24-14-15-31-2)26(17-21-12-8-5-9-13-21)22(27)18-25(32(3,29)30)16-20-10-6-4-7-11-20/h4-13,19H,14-18H2,1-3H3,(H,24,28)/t19-/m1/s1. The molecule has 0 saturated heterocycles. The van der Waals surface area contributed by atoms with Crippen LogP contribution in [0.25, 0.3) is 0 Å². The van der Waals surface area contributed by atoms with Crippen molar-refractivity contribution >= 4 is 21.8 Å². The van der Waals surface area contributed by atoms with Crippen LogP contribution in [0.2, 0.25) is 0 Å². The van der Waals surface area contributed by atoms with Crippen molar-refractivity contribution < 1.29 is 22.7 Å². The van der Waals surface area contributed by atoms with Crippen LogP contribution in [0.15, 0.2) is 60.7 Å². The zero-order valence-electron chi connectivity index (χ0n) is 18.7. The number of carbonyl (C=O) groups excluding carboxylic acids is 2. The molecule has 0 aliphatic rings. The summed E-state index contributed by atoms with van der Waals surface area (Å²) in [6, 6.07) is 17.5. The molecule has 0 heterocycles. The van der Waals surface area contributed by atoms with Crippen LogP contribution in [0.3, 0.4) is 0 Å². The van der Waals surface area contributed by atoms with Gasteiger partial charge in [-0.05, 0) is 18.1 Å². The largest absolute Gasteiger partial charge is 0.383 e. The summed E-state index contributed by atoms with van der Waals surface area (Å²) in [5.74, 6) is -0.787. The van der Waals surface area contributed by atoms with Crippen molar-refractivity contribution in [1.29, 1.82) is 0 Å². The van der Waals surface area contributed by atoms with Gasteiger partial charge >= 0.3 is 0 Å². The van der Waals surface area contributed by atoms with Crippen LogP contribution in [0, 0.1) is 0 Å². The minimum atomic E-state index is -3.66. The molecule has 32 heavy (non-hydrogen) atoms. The van der Waals surface area contributed by atoms with Crippen molar-refractivity contribution in [2.45, 2.75) is 26.1 Å². The Labute approximate surface area is 190 Å². The zero-order valence-corrected chi connectivity index (χ0v) is 19.5. The predicted octanol–water partition coefficient (Wildman–Crippen LogP) is 1.63. The molecule has 0 radical (unpaired) electrons. The third-order valence-electron chi connectivity index (χ3n) is 4.95. The van der Waals surface area contributed by atoms with E-state index in [1.54, 1.807) is 19.1 Å². The maximum Gasteiger partial charge on any atom is 0.242 e. The molecule has 1 atom stereocenters. The van der Waals surface area contributed by atoms with Gasteiger partial charge in [0.2, 0.25) is 21.8 Å². The number of hydrogen-bond acceptors (Lipinski definition) is 5. The fourth-order valence-electron chi connectivity index (χ4n) is 3.11. The Bertz CT molecular complexity index is 968. The van der Waals surface area contributed by atoms with Gasteiger partial charge in [0.05, 0.1) is 19.4 Å². The third kappa shape index (κ3) is 8.07. The number of sulfonamides is 1. The van der Waals surface area contributed by atoms with Gasteiger partial charge in [0.1, 0.15) is 6.04 Å². The van der Waals surface area contributed by atoms with Crippen LogP contribution in [0.5, 0.6) is 0 Å². The van der Waals surface area contributed by atoms with Crippen molar-refractivity contribution in [2.75, 3.05) is 33.1 Å². The first-order valence-electron chi connectivity index (χ1n) is 10.3. The maximum atomic E-state index is 13.3. The number of benzene rings is 2. The molecule has 8 nitrogen and oxygen atoms in total. The minimum absolute atomic E-state index is 0.0685. The van der Waals surface area contributed by atoms with E-state index >= 15 is 0 Å². The lowest BCUT2D eigenvalue weighted by Gasteiger charge is -2.31. The Balaban J connectivity index is 2.23. The number of nitrogens with zero attached hydrogens (tertiary/aromatic N) is 2. The normalized spacial score (nSPS) is 12.4. The van der Waals surface area contributed by atoms with Gasteiger partial charge in [-0.3, -0.25) is 9.59 Å². The van der Waals surface area contributed by atoms with Crippen LogP contribution in [-0.4, -0.2) is 68.5 Å². The average Bonchev–Trinajstić information content (AvgIpc) is 2.77. The van der Waals surface area contributed by atoms with Crippen LogP contribution < -0.4 is 5.32 Å². The molecule has 2 amide bonds. The molecule has 0 aromatic heterocycles. The smallest absolute Gasteiger partial charge is 0.242 e. The van der Waals surface area contributed by atoms with Crippen LogP contribution in [0.1, 0.15) is 18.1 Å². The van der Waals surface area contributed by atoms with E-state index < -0.39 is 22.0 Å². The number of amides is 2. The molecule has 0 bridgehead atoms. The van der Waals surface area contributed by atoms with Crippen molar-refractivity contribution in [2.24, 2.45) is 0 Å². The van der Waals surface area contributed by atoms with E-state index in [2.05, 4.69) is 5.32 Å². The van der Waals surface area contributed by atoms with E-state index in [-0.39, 0.29) is 25.5 Å². The van der Waals surface area contributed by atoms with Gasteiger partial charge in [-0.2, -0.15) is 4.31 Å². The van der Waals surface area contributed by atoms with Crippen molar-refractivity contribution in [3.63, 3.8) is 0 Å². The summed E-state index contributed by atoms with van der Waals surface area (Å²) in [5, 5.41) is 2.74. The molecule has 0 saturated carbocycles. The topological polar surface area (TPSA) is 96.0 Å². The van der Waals surface area contributed by atoms with E-state index in [0.717, 1.165) is 21.7 Å². The van der Waals surface area contributed by atoms with Gasteiger partial charge in [0, 0.05) is 26.7 Å². The molecule has 2 aromatic rings. The summed E-state index contributed by atoms with van der Waals surface area (Å²) >= 11 is 0.